The number of aromatic nitrogens is 1. The van der Waals surface area contributed by atoms with Crippen LogP contribution < -0.4 is 23.8 Å². The molecule has 2 N–H and O–H groups in total. The number of ether oxygens (including phenoxy) is 4. The SMILES string of the molecule is COc1ccc(COc2ccc(C(=O)On3c(O)ccc3O)c(Cl)c2OCc2ccc(OC)cc2)cc1. The van der Waals surface area contributed by atoms with Crippen LogP contribution in [0.2, 0.25) is 5.02 Å². The summed E-state index contributed by atoms with van der Waals surface area (Å²) in [6, 6.07) is 19.9. The summed E-state index contributed by atoms with van der Waals surface area (Å²) < 4.78 is 22.9. The van der Waals surface area contributed by atoms with Gasteiger partial charge in [-0.25, -0.2) is 4.79 Å². The number of benzene rings is 3. The molecule has 0 fully saturated rings. The lowest BCUT2D eigenvalue weighted by Gasteiger charge is -2.17. The molecule has 4 aromatic rings. The van der Waals surface area contributed by atoms with Crippen molar-refractivity contribution < 1.29 is 38.8 Å². The van der Waals surface area contributed by atoms with Crippen molar-refractivity contribution in [2.75, 3.05) is 14.2 Å². The molecule has 0 atom stereocenters. The Morgan fingerprint density at radius 3 is 1.78 bits per heavy atom. The first-order valence-electron chi connectivity index (χ1n) is 11.1. The second kappa shape index (κ2) is 11.5. The highest BCUT2D eigenvalue weighted by molar-refractivity contribution is 6.35. The Morgan fingerprint density at radius 2 is 1.27 bits per heavy atom. The molecule has 37 heavy (non-hydrogen) atoms. The predicted molar refractivity (Wildman–Crippen MR) is 135 cm³/mol. The largest absolute Gasteiger partial charge is 0.497 e. The van der Waals surface area contributed by atoms with E-state index < -0.39 is 17.7 Å². The van der Waals surface area contributed by atoms with E-state index in [-0.39, 0.29) is 29.5 Å². The maximum absolute atomic E-state index is 12.8. The van der Waals surface area contributed by atoms with Crippen molar-refractivity contribution in [2.24, 2.45) is 0 Å². The lowest BCUT2D eigenvalue weighted by molar-refractivity contribution is 0.0381. The first-order chi connectivity index (χ1) is 17.9. The third-order valence-electron chi connectivity index (χ3n) is 5.35. The zero-order chi connectivity index (χ0) is 26.4. The summed E-state index contributed by atoms with van der Waals surface area (Å²) in [6.07, 6.45) is 0. The fraction of sp³-hybridized carbons (Fsp3) is 0.148. The van der Waals surface area contributed by atoms with Crippen molar-refractivity contribution in [1.29, 1.82) is 0 Å². The van der Waals surface area contributed by atoms with Crippen LogP contribution in [0.3, 0.4) is 0 Å². The van der Waals surface area contributed by atoms with Crippen LogP contribution in [0.25, 0.3) is 0 Å². The fourth-order valence-corrected chi connectivity index (χ4v) is 3.62. The Bertz CT molecular complexity index is 1350. The van der Waals surface area contributed by atoms with Crippen LogP contribution in [0.4, 0.5) is 0 Å². The molecule has 1 heterocycles. The zero-order valence-corrected chi connectivity index (χ0v) is 20.8. The minimum atomic E-state index is -0.928. The van der Waals surface area contributed by atoms with Gasteiger partial charge in [0.2, 0.25) is 11.8 Å². The molecule has 0 saturated carbocycles. The summed E-state index contributed by atoms with van der Waals surface area (Å²) >= 11 is 6.59. The quantitative estimate of drug-likeness (QED) is 0.298. The molecular formula is C27H24ClNO8. The first-order valence-corrected chi connectivity index (χ1v) is 11.4. The highest BCUT2D eigenvalue weighted by Crippen LogP contribution is 2.39. The Balaban J connectivity index is 1.59. The Labute approximate surface area is 217 Å². The monoisotopic (exact) mass is 525 g/mol. The van der Waals surface area contributed by atoms with E-state index in [0.29, 0.717) is 16.2 Å². The molecule has 3 aromatic carbocycles. The first kappa shape index (κ1) is 25.6. The standard InChI is InChI=1S/C27H24ClNO8/c1-33-19-7-3-17(4-8-19)15-35-22-12-11-21(27(32)37-29-23(30)13-14-24(29)31)25(28)26(22)36-16-18-5-9-20(34-2)10-6-18/h3-14,30-31H,15-16H2,1-2H3. The molecule has 0 aliphatic carbocycles. The number of carbonyl (C=O) groups is 1. The van der Waals surface area contributed by atoms with Crippen molar-refractivity contribution in [1.82, 2.24) is 4.73 Å². The second-order valence-corrected chi connectivity index (χ2v) is 8.13. The summed E-state index contributed by atoms with van der Waals surface area (Å²) in [4.78, 5) is 17.9. The number of halogens is 1. The summed E-state index contributed by atoms with van der Waals surface area (Å²) in [5.74, 6) is 0.000950. The number of methoxy groups -OCH3 is 2. The Kier molecular flexibility index (Phi) is 7.95. The van der Waals surface area contributed by atoms with Crippen molar-refractivity contribution in [3.8, 4) is 34.8 Å². The topological polar surface area (TPSA) is 109 Å². The van der Waals surface area contributed by atoms with E-state index in [1.54, 1.807) is 26.4 Å². The van der Waals surface area contributed by atoms with E-state index in [1.807, 2.05) is 36.4 Å². The van der Waals surface area contributed by atoms with Crippen molar-refractivity contribution >= 4 is 17.6 Å². The molecule has 0 bridgehead atoms. The average molecular weight is 526 g/mol. The molecule has 0 radical (unpaired) electrons. The van der Waals surface area contributed by atoms with Gasteiger partial charge in [-0.15, -0.1) is 4.73 Å². The van der Waals surface area contributed by atoms with Crippen molar-refractivity contribution in [3.63, 3.8) is 0 Å². The molecule has 192 valence electrons. The van der Waals surface area contributed by atoms with Crippen molar-refractivity contribution in [2.45, 2.75) is 13.2 Å². The third kappa shape index (κ3) is 6.02. The highest BCUT2D eigenvalue weighted by atomic mass is 35.5. The van der Waals surface area contributed by atoms with Gasteiger partial charge in [-0.3, -0.25) is 0 Å². The van der Waals surface area contributed by atoms with Crippen molar-refractivity contribution in [3.05, 3.63) is 94.5 Å². The molecule has 0 aliphatic heterocycles. The maximum atomic E-state index is 12.8. The van der Waals surface area contributed by atoms with Gasteiger partial charge in [-0.2, -0.15) is 0 Å². The number of hydrogen-bond donors (Lipinski definition) is 2. The van der Waals surface area contributed by atoms with Gasteiger partial charge in [0.05, 0.1) is 19.8 Å². The van der Waals surface area contributed by atoms with Crippen LogP contribution in [0.1, 0.15) is 21.5 Å². The zero-order valence-electron chi connectivity index (χ0n) is 20.0. The summed E-state index contributed by atoms with van der Waals surface area (Å²) in [6.45, 7) is 0.328. The molecule has 1 aromatic heterocycles. The lowest BCUT2D eigenvalue weighted by atomic mass is 10.2. The summed E-state index contributed by atoms with van der Waals surface area (Å²) in [5, 5.41) is 19.5. The molecule has 0 unspecified atom stereocenters. The van der Waals surface area contributed by atoms with Gasteiger partial charge < -0.3 is 34.0 Å². The Hall–Kier alpha value is -4.50. The maximum Gasteiger partial charge on any atom is 0.365 e. The minimum absolute atomic E-state index is 0.0584. The van der Waals surface area contributed by atoms with Gasteiger partial charge in [-0.05, 0) is 47.5 Å². The van der Waals surface area contributed by atoms with Crippen LogP contribution in [0, 0.1) is 0 Å². The van der Waals surface area contributed by atoms with Gasteiger partial charge in [0.25, 0.3) is 0 Å². The summed E-state index contributed by atoms with van der Waals surface area (Å²) in [5.41, 5.74) is 1.64. The van der Waals surface area contributed by atoms with E-state index in [9.17, 15) is 15.0 Å². The van der Waals surface area contributed by atoms with E-state index in [1.165, 1.54) is 24.3 Å². The Morgan fingerprint density at radius 1 is 0.757 bits per heavy atom. The van der Waals surface area contributed by atoms with Crippen LogP contribution in [0.5, 0.6) is 34.8 Å². The minimum Gasteiger partial charge on any atom is -0.497 e. The number of aromatic hydroxyl groups is 2. The normalized spacial score (nSPS) is 10.6. The van der Waals surface area contributed by atoms with E-state index in [4.69, 9.17) is 35.4 Å². The number of carbonyl (C=O) groups excluding carboxylic acids is 1. The second-order valence-electron chi connectivity index (χ2n) is 7.75. The van der Waals surface area contributed by atoms with Gasteiger partial charge in [-0.1, -0.05) is 35.9 Å². The van der Waals surface area contributed by atoms with Crippen LogP contribution in [-0.2, 0) is 13.2 Å². The molecule has 9 nitrogen and oxygen atoms in total. The molecule has 0 saturated heterocycles. The molecular weight excluding hydrogens is 502 g/mol. The van der Waals surface area contributed by atoms with E-state index in [2.05, 4.69) is 0 Å². The smallest absolute Gasteiger partial charge is 0.365 e. The van der Waals surface area contributed by atoms with E-state index >= 15 is 0 Å². The third-order valence-corrected chi connectivity index (χ3v) is 5.72. The molecule has 0 aliphatic rings. The van der Waals surface area contributed by atoms with Crippen LogP contribution in [0.15, 0.2) is 72.8 Å². The summed E-state index contributed by atoms with van der Waals surface area (Å²) in [7, 11) is 3.17. The van der Waals surface area contributed by atoms with Gasteiger partial charge >= 0.3 is 5.97 Å². The molecule has 0 spiro atoms. The molecule has 0 amide bonds. The molecule has 10 heteroatoms. The van der Waals surface area contributed by atoms with Gasteiger partial charge in [0.1, 0.15) is 29.7 Å². The number of rotatable bonds is 10. The highest BCUT2D eigenvalue weighted by Gasteiger charge is 2.23. The average Bonchev–Trinajstić information content (AvgIpc) is 3.24. The number of hydrogen-bond acceptors (Lipinski definition) is 8. The van der Waals surface area contributed by atoms with Gasteiger partial charge in [0.15, 0.2) is 11.5 Å². The lowest BCUT2D eigenvalue weighted by Crippen LogP contribution is -2.19. The fourth-order valence-electron chi connectivity index (χ4n) is 3.33. The van der Waals surface area contributed by atoms with Crippen LogP contribution in [-0.4, -0.2) is 35.1 Å². The molecule has 4 rings (SSSR count). The predicted octanol–water partition coefficient (Wildman–Crippen LogP) is 5.00. The number of nitrogens with zero attached hydrogens (tertiary/aromatic N) is 1. The van der Waals surface area contributed by atoms with E-state index in [0.717, 1.165) is 16.9 Å². The van der Waals surface area contributed by atoms with Gasteiger partial charge in [0, 0.05) is 12.1 Å². The van der Waals surface area contributed by atoms with Crippen LogP contribution >= 0.6 is 11.6 Å².